The third-order valence-electron chi connectivity index (χ3n) is 4.47. The largest absolute Gasteiger partial charge is 0.493 e. The number of carbonyl (C=O) groups excluding carboxylic acids is 1. The van der Waals surface area contributed by atoms with Crippen molar-refractivity contribution in [2.24, 2.45) is 0 Å². The molecule has 0 atom stereocenters. The molecule has 0 radical (unpaired) electrons. The molecular weight excluding hydrogens is 388 g/mol. The van der Waals surface area contributed by atoms with Crippen molar-refractivity contribution in [1.82, 2.24) is 9.62 Å². The van der Waals surface area contributed by atoms with Crippen LogP contribution in [0, 0.1) is 0 Å². The number of hydrogen-bond acceptors (Lipinski definition) is 6. The number of sulfonamides is 1. The van der Waals surface area contributed by atoms with E-state index >= 15 is 0 Å². The van der Waals surface area contributed by atoms with E-state index in [1.54, 1.807) is 31.7 Å². The molecule has 0 saturated heterocycles. The molecular formula is C18H22N2O5S2. The van der Waals surface area contributed by atoms with Crippen molar-refractivity contribution in [2.45, 2.75) is 13.0 Å². The second kappa shape index (κ2) is 8.28. The van der Waals surface area contributed by atoms with Crippen molar-refractivity contribution in [3.63, 3.8) is 0 Å². The monoisotopic (exact) mass is 410 g/mol. The first-order chi connectivity index (χ1) is 12.9. The lowest BCUT2D eigenvalue weighted by Gasteiger charge is -2.29. The van der Waals surface area contributed by atoms with Crippen molar-refractivity contribution < 1.29 is 22.7 Å². The third-order valence-corrected chi connectivity index (χ3v) is 7.15. The fraction of sp³-hybridized carbons (Fsp3) is 0.389. The van der Waals surface area contributed by atoms with Crippen LogP contribution < -0.4 is 14.8 Å². The van der Waals surface area contributed by atoms with Gasteiger partial charge in [-0.2, -0.15) is 4.31 Å². The second-order valence-corrected chi connectivity index (χ2v) is 9.14. The summed E-state index contributed by atoms with van der Waals surface area (Å²) in [5.41, 5.74) is 1.97. The van der Waals surface area contributed by atoms with Gasteiger partial charge >= 0.3 is 0 Å². The molecule has 1 N–H and O–H groups in total. The predicted molar refractivity (Wildman–Crippen MR) is 104 cm³/mol. The Balaban J connectivity index is 1.64. The number of ether oxygens (including phenoxy) is 2. The third kappa shape index (κ3) is 4.42. The summed E-state index contributed by atoms with van der Waals surface area (Å²) in [5.74, 6) is 0.843. The van der Waals surface area contributed by atoms with Crippen molar-refractivity contribution >= 4 is 27.3 Å². The Labute approximate surface area is 163 Å². The molecule has 3 rings (SSSR count). The van der Waals surface area contributed by atoms with E-state index in [0.29, 0.717) is 29.3 Å². The zero-order valence-corrected chi connectivity index (χ0v) is 16.9. The highest BCUT2D eigenvalue weighted by Gasteiger charge is 2.27. The molecule has 2 aromatic rings. The number of carbonyl (C=O) groups is 1. The molecule has 2 heterocycles. The Kier molecular flexibility index (Phi) is 6.03. The molecule has 0 unspecified atom stereocenters. The molecule has 1 aromatic heterocycles. The van der Waals surface area contributed by atoms with E-state index in [4.69, 9.17) is 9.47 Å². The number of methoxy groups -OCH3 is 2. The lowest BCUT2D eigenvalue weighted by atomic mass is 10.0. The normalized spacial score (nSPS) is 14.4. The average Bonchev–Trinajstić information content (AvgIpc) is 3.21. The van der Waals surface area contributed by atoms with E-state index in [1.807, 2.05) is 12.1 Å². The Morgan fingerprint density at radius 2 is 1.93 bits per heavy atom. The fourth-order valence-electron chi connectivity index (χ4n) is 3.01. The maximum atomic E-state index is 12.7. The van der Waals surface area contributed by atoms with E-state index in [2.05, 4.69) is 5.32 Å². The summed E-state index contributed by atoms with van der Waals surface area (Å²) in [6, 6.07) is 7.22. The number of rotatable bonds is 7. The Hall–Kier alpha value is -2.10. The topological polar surface area (TPSA) is 84.9 Å². The van der Waals surface area contributed by atoms with Gasteiger partial charge in [0.1, 0.15) is 0 Å². The van der Waals surface area contributed by atoms with E-state index in [1.165, 1.54) is 15.6 Å². The Morgan fingerprint density at radius 3 is 2.56 bits per heavy atom. The van der Waals surface area contributed by atoms with Gasteiger partial charge in [0.2, 0.25) is 10.0 Å². The number of nitrogens with one attached hydrogen (secondary N) is 1. The number of hydrogen-bond donors (Lipinski definition) is 1. The van der Waals surface area contributed by atoms with Crippen LogP contribution in [0.25, 0.3) is 0 Å². The minimum atomic E-state index is -3.48. The molecule has 1 aliphatic heterocycles. The summed E-state index contributed by atoms with van der Waals surface area (Å²) >= 11 is 1.32. The SMILES string of the molecule is COc1cc2c(cc1OC)CN(S(=O)(=O)CCNC(=O)c1cccs1)CC2. The van der Waals surface area contributed by atoms with Gasteiger partial charge in [-0.05, 0) is 41.1 Å². The predicted octanol–water partition coefficient (Wildman–Crippen LogP) is 1.88. The average molecular weight is 411 g/mol. The number of fused-ring (bicyclic) bond motifs is 1. The standard InChI is InChI=1S/C18H22N2O5S2/c1-24-15-10-13-5-7-20(12-14(13)11-16(15)25-2)27(22,23)9-6-19-18(21)17-4-3-8-26-17/h3-4,8,10-11H,5-7,9,12H2,1-2H3,(H,19,21). The number of nitrogens with zero attached hydrogens (tertiary/aromatic N) is 1. The van der Waals surface area contributed by atoms with Crippen LogP contribution in [0.5, 0.6) is 11.5 Å². The quantitative estimate of drug-likeness (QED) is 0.753. The summed E-state index contributed by atoms with van der Waals surface area (Å²) in [7, 11) is -0.345. The number of thiophene rings is 1. The van der Waals surface area contributed by atoms with E-state index in [0.717, 1.165) is 11.1 Å². The number of amides is 1. The van der Waals surface area contributed by atoms with Crippen LogP contribution in [0.2, 0.25) is 0 Å². The van der Waals surface area contributed by atoms with Gasteiger partial charge in [0, 0.05) is 19.6 Å². The highest BCUT2D eigenvalue weighted by molar-refractivity contribution is 7.89. The van der Waals surface area contributed by atoms with Gasteiger partial charge in [-0.25, -0.2) is 8.42 Å². The van der Waals surface area contributed by atoms with Crippen LogP contribution in [-0.4, -0.2) is 51.7 Å². The summed E-state index contributed by atoms with van der Waals surface area (Å²) in [4.78, 5) is 12.5. The Morgan fingerprint density at radius 1 is 1.22 bits per heavy atom. The molecule has 0 saturated carbocycles. The summed E-state index contributed by atoms with van der Waals surface area (Å²) < 4.78 is 37.4. The lowest BCUT2D eigenvalue weighted by Crippen LogP contribution is -2.40. The molecule has 7 nitrogen and oxygen atoms in total. The summed E-state index contributed by atoms with van der Waals surface area (Å²) in [6.45, 7) is 0.773. The fourth-order valence-corrected chi connectivity index (χ4v) is 4.98. The molecule has 1 amide bonds. The van der Waals surface area contributed by atoms with Crippen LogP contribution >= 0.6 is 11.3 Å². The van der Waals surface area contributed by atoms with Gasteiger partial charge in [-0.1, -0.05) is 6.07 Å². The van der Waals surface area contributed by atoms with E-state index < -0.39 is 10.0 Å². The molecule has 0 fully saturated rings. The molecule has 0 spiro atoms. The van der Waals surface area contributed by atoms with Crippen LogP contribution in [0.15, 0.2) is 29.6 Å². The summed E-state index contributed by atoms with van der Waals surface area (Å²) in [5, 5.41) is 4.47. The zero-order valence-electron chi connectivity index (χ0n) is 15.2. The van der Waals surface area contributed by atoms with E-state index in [-0.39, 0.29) is 24.7 Å². The van der Waals surface area contributed by atoms with Crippen LogP contribution in [-0.2, 0) is 23.0 Å². The first kappa shape index (κ1) is 19.7. The van der Waals surface area contributed by atoms with Gasteiger partial charge in [0.25, 0.3) is 5.91 Å². The van der Waals surface area contributed by atoms with E-state index in [9.17, 15) is 13.2 Å². The summed E-state index contributed by atoms with van der Waals surface area (Å²) in [6.07, 6.45) is 0.608. The van der Waals surface area contributed by atoms with Crippen molar-refractivity contribution in [1.29, 1.82) is 0 Å². The minimum Gasteiger partial charge on any atom is -0.493 e. The molecule has 1 aliphatic rings. The van der Waals surface area contributed by atoms with Crippen LogP contribution in [0.1, 0.15) is 20.8 Å². The van der Waals surface area contributed by atoms with Crippen molar-refractivity contribution in [3.05, 3.63) is 45.6 Å². The van der Waals surface area contributed by atoms with Crippen LogP contribution in [0.4, 0.5) is 0 Å². The molecule has 0 bridgehead atoms. The molecule has 0 aliphatic carbocycles. The Bertz CT molecular complexity index is 910. The molecule has 1 aromatic carbocycles. The highest BCUT2D eigenvalue weighted by Crippen LogP contribution is 2.33. The maximum Gasteiger partial charge on any atom is 0.261 e. The molecule has 146 valence electrons. The number of benzene rings is 1. The van der Waals surface area contributed by atoms with Crippen LogP contribution in [0.3, 0.4) is 0 Å². The molecule has 9 heteroatoms. The highest BCUT2D eigenvalue weighted by atomic mass is 32.2. The molecule has 27 heavy (non-hydrogen) atoms. The van der Waals surface area contributed by atoms with Gasteiger partial charge in [0.15, 0.2) is 11.5 Å². The van der Waals surface area contributed by atoms with Gasteiger partial charge in [-0.3, -0.25) is 4.79 Å². The van der Waals surface area contributed by atoms with Gasteiger partial charge in [-0.15, -0.1) is 11.3 Å². The second-order valence-electron chi connectivity index (χ2n) is 6.11. The van der Waals surface area contributed by atoms with Crippen molar-refractivity contribution in [2.75, 3.05) is 33.1 Å². The van der Waals surface area contributed by atoms with Gasteiger partial charge in [0.05, 0.1) is 24.8 Å². The maximum absolute atomic E-state index is 12.7. The first-order valence-electron chi connectivity index (χ1n) is 8.48. The zero-order chi connectivity index (χ0) is 19.4. The van der Waals surface area contributed by atoms with Gasteiger partial charge < -0.3 is 14.8 Å². The smallest absolute Gasteiger partial charge is 0.261 e. The lowest BCUT2D eigenvalue weighted by molar-refractivity contribution is 0.0960. The van der Waals surface area contributed by atoms with Crippen molar-refractivity contribution in [3.8, 4) is 11.5 Å². The first-order valence-corrected chi connectivity index (χ1v) is 11.0. The minimum absolute atomic E-state index is 0.0777.